The van der Waals surface area contributed by atoms with Crippen molar-refractivity contribution in [3.8, 4) is 5.75 Å². The van der Waals surface area contributed by atoms with E-state index in [9.17, 15) is 14.3 Å². The van der Waals surface area contributed by atoms with Crippen LogP contribution in [0.2, 0.25) is 0 Å². The van der Waals surface area contributed by atoms with Crippen molar-refractivity contribution in [3.63, 3.8) is 0 Å². The number of benzene rings is 1. The highest BCUT2D eigenvalue weighted by atomic mass is 19.1. The van der Waals surface area contributed by atoms with Crippen LogP contribution in [0.4, 0.5) is 4.39 Å². The summed E-state index contributed by atoms with van der Waals surface area (Å²) in [4.78, 5) is 11.7. The summed E-state index contributed by atoms with van der Waals surface area (Å²) in [6.07, 6.45) is 2.97. The third kappa shape index (κ3) is 3.92. The van der Waals surface area contributed by atoms with E-state index < -0.39 is 11.9 Å². The number of hydrogen-bond donors (Lipinski definition) is 2. The van der Waals surface area contributed by atoms with E-state index in [1.165, 1.54) is 12.1 Å². The molecule has 1 fully saturated rings. The van der Waals surface area contributed by atoms with E-state index >= 15 is 0 Å². The van der Waals surface area contributed by atoms with E-state index in [1.54, 1.807) is 12.1 Å². The molecule has 0 heterocycles. The van der Waals surface area contributed by atoms with E-state index in [-0.39, 0.29) is 24.3 Å². The number of para-hydroxylation sites is 1. The highest BCUT2D eigenvalue weighted by molar-refractivity contribution is 5.77. The van der Waals surface area contributed by atoms with Crippen molar-refractivity contribution in [2.75, 3.05) is 6.61 Å². The Morgan fingerprint density at radius 3 is 2.84 bits per heavy atom. The summed E-state index contributed by atoms with van der Waals surface area (Å²) in [5, 5.41) is 12.5. The van der Waals surface area contributed by atoms with Crippen LogP contribution in [0.1, 0.15) is 25.7 Å². The molecule has 1 amide bonds. The molecule has 0 aromatic heterocycles. The zero-order chi connectivity index (χ0) is 13.7. The molecule has 0 radical (unpaired) electrons. The van der Waals surface area contributed by atoms with Crippen LogP contribution in [0, 0.1) is 5.82 Å². The zero-order valence-corrected chi connectivity index (χ0v) is 10.6. The Morgan fingerprint density at radius 2 is 2.11 bits per heavy atom. The molecule has 2 N–H and O–H groups in total. The van der Waals surface area contributed by atoms with E-state index in [4.69, 9.17) is 4.74 Å². The number of rotatable bonds is 4. The van der Waals surface area contributed by atoms with Gasteiger partial charge < -0.3 is 15.2 Å². The Kier molecular flexibility index (Phi) is 4.74. The molecule has 1 aromatic rings. The predicted molar refractivity (Wildman–Crippen MR) is 68.3 cm³/mol. The highest BCUT2D eigenvalue weighted by Gasteiger charge is 2.24. The molecule has 0 spiro atoms. The monoisotopic (exact) mass is 267 g/mol. The summed E-state index contributed by atoms with van der Waals surface area (Å²) in [5.41, 5.74) is 0. The topological polar surface area (TPSA) is 58.6 Å². The molecule has 0 aliphatic heterocycles. The third-order valence-electron chi connectivity index (χ3n) is 3.27. The van der Waals surface area contributed by atoms with Gasteiger partial charge in [-0.15, -0.1) is 0 Å². The molecular formula is C14H18FNO3. The van der Waals surface area contributed by atoms with Gasteiger partial charge >= 0.3 is 0 Å². The average Bonchev–Trinajstić information content (AvgIpc) is 2.40. The maximum atomic E-state index is 13.3. The smallest absolute Gasteiger partial charge is 0.258 e. The summed E-state index contributed by atoms with van der Waals surface area (Å²) in [7, 11) is 0. The quantitative estimate of drug-likeness (QED) is 0.871. The van der Waals surface area contributed by atoms with Gasteiger partial charge in [0.05, 0.1) is 12.1 Å². The molecule has 4 nitrogen and oxygen atoms in total. The third-order valence-corrected chi connectivity index (χ3v) is 3.27. The van der Waals surface area contributed by atoms with E-state index in [0.717, 1.165) is 19.3 Å². The first-order chi connectivity index (χ1) is 9.16. The molecular weight excluding hydrogens is 249 g/mol. The van der Waals surface area contributed by atoms with Crippen molar-refractivity contribution in [1.82, 2.24) is 5.32 Å². The summed E-state index contributed by atoms with van der Waals surface area (Å²) in [6, 6.07) is 5.73. The van der Waals surface area contributed by atoms with Crippen molar-refractivity contribution in [3.05, 3.63) is 30.1 Å². The van der Waals surface area contributed by atoms with Crippen LogP contribution < -0.4 is 10.1 Å². The predicted octanol–water partition coefficient (Wildman–Crippen LogP) is 1.62. The number of carbonyl (C=O) groups excluding carboxylic acids is 1. The highest BCUT2D eigenvalue weighted by Crippen LogP contribution is 2.18. The second-order valence-corrected chi connectivity index (χ2v) is 4.74. The maximum Gasteiger partial charge on any atom is 0.258 e. The van der Waals surface area contributed by atoms with Crippen LogP contribution in [0.25, 0.3) is 0 Å². The molecule has 1 aliphatic rings. The lowest BCUT2D eigenvalue weighted by molar-refractivity contribution is -0.125. The van der Waals surface area contributed by atoms with Crippen molar-refractivity contribution in [2.45, 2.75) is 37.8 Å². The number of amides is 1. The van der Waals surface area contributed by atoms with Gasteiger partial charge in [-0.3, -0.25) is 4.79 Å². The number of ether oxygens (including phenoxy) is 1. The van der Waals surface area contributed by atoms with Gasteiger partial charge in [0.25, 0.3) is 5.91 Å². The minimum Gasteiger partial charge on any atom is -0.481 e. The van der Waals surface area contributed by atoms with Gasteiger partial charge in [0.1, 0.15) is 0 Å². The SMILES string of the molecule is O=C(COc1ccccc1F)N[C@@H]1CCCC[C@H]1O. The number of aliphatic hydroxyl groups is 1. The first-order valence-corrected chi connectivity index (χ1v) is 6.51. The van der Waals surface area contributed by atoms with E-state index in [2.05, 4.69) is 5.32 Å². The Hall–Kier alpha value is -1.62. The Balaban J connectivity index is 1.80. The number of nitrogens with one attached hydrogen (secondary N) is 1. The molecule has 1 aromatic carbocycles. The zero-order valence-electron chi connectivity index (χ0n) is 10.6. The van der Waals surface area contributed by atoms with Crippen LogP contribution >= 0.6 is 0 Å². The van der Waals surface area contributed by atoms with Gasteiger partial charge in [0.15, 0.2) is 18.2 Å². The summed E-state index contributed by atoms with van der Waals surface area (Å²) >= 11 is 0. The molecule has 19 heavy (non-hydrogen) atoms. The fourth-order valence-electron chi connectivity index (χ4n) is 2.23. The Bertz CT molecular complexity index is 438. The largest absolute Gasteiger partial charge is 0.481 e. The van der Waals surface area contributed by atoms with Crippen LogP contribution in [-0.4, -0.2) is 29.8 Å². The number of aliphatic hydroxyl groups excluding tert-OH is 1. The second kappa shape index (κ2) is 6.52. The van der Waals surface area contributed by atoms with Crippen molar-refractivity contribution in [1.29, 1.82) is 0 Å². The summed E-state index contributed by atoms with van der Waals surface area (Å²) in [5.74, 6) is -0.774. The van der Waals surface area contributed by atoms with Crippen molar-refractivity contribution in [2.24, 2.45) is 0 Å². The lowest BCUT2D eigenvalue weighted by Crippen LogP contribution is -2.46. The molecule has 2 rings (SSSR count). The van der Waals surface area contributed by atoms with Crippen molar-refractivity contribution >= 4 is 5.91 Å². The van der Waals surface area contributed by atoms with Crippen LogP contribution in [0.3, 0.4) is 0 Å². The van der Waals surface area contributed by atoms with E-state index in [1.807, 2.05) is 0 Å². The van der Waals surface area contributed by atoms with Crippen LogP contribution in [0.5, 0.6) is 5.75 Å². The second-order valence-electron chi connectivity index (χ2n) is 4.74. The molecule has 0 bridgehead atoms. The molecule has 5 heteroatoms. The first kappa shape index (κ1) is 13.8. The minimum atomic E-state index is -0.494. The Morgan fingerprint density at radius 1 is 1.37 bits per heavy atom. The molecule has 1 aliphatic carbocycles. The maximum absolute atomic E-state index is 13.3. The average molecular weight is 267 g/mol. The number of halogens is 1. The number of hydrogen-bond acceptors (Lipinski definition) is 3. The first-order valence-electron chi connectivity index (χ1n) is 6.51. The van der Waals surface area contributed by atoms with Gasteiger partial charge in [-0.05, 0) is 25.0 Å². The van der Waals surface area contributed by atoms with Crippen LogP contribution in [0.15, 0.2) is 24.3 Å². The fraction of sp³-hybridized carbons (Fsp3) is 0.500. The summed E-state index contributed by atoms with van der Waals surface area (Å²) in [6.45, 7) is -0.246. The van der Waals surface area contributed by atoms with Gasteiger partial charge in [-0.1, -0.05) is 25.0 Å². The van der Waals surface area contributed by atoms with Gasteiger partial charge in [-0.2, -0.15) is 0 Å². The molecule has 1 saturated carbocycles. The number of carbonyl (C=O) groups is 1. The Labute approximate surface area is 111 Å². The minimum absolute atomic E-state index is 0.0573. The van der Waals surface area contributed by atoms with Gasteiger partial charge in [-0.25, -0.2) is 4.39 Å². The standard InChI is InChI=1S/C14H18FNO3/c15-10-5-1-4-8-13(10)19-9-14(18)16-11-6-2-3-7-12(11)17/h1,4-5,8,11-12,17H,2-3,6-7,9H2,(H,16,18)/t11-,12-/m1/s1. The molecule has 0 unspecified atom stereocenters. The lowest BCUT2D eigenvalue weighted by Gasteiger charge is -2.28. The normalized spacial score (nSPS) is 22.8. The van der Waals surface area contributed by atoms with E-state index in [0.29, 0.717) is 6.42 Å². The van der Waals surface area contributed by atoms with Gasteiger partial charge in [0, 0.05) is 0 Å². The van der Waals surface area contributed by atoms with Gasteiger partial charge in [0.2, 0.25) is 0 Å². The molecule has 104 valence electrons. The fourth-order valence-corrected chi connectivity index (χ4v) is 2.23. The lowest BCUT2D eigenvalue weighted by atomic mass is 9.92. The molecule has 0 saturated heterocycles. The van der Waals surface area contributed by atoms with Crippen molar-refractivity contribution < 1.29 is 19.0 Å². The van der Waals surface area contributed by atoms with Crippen LogP contribution in [-0.2, 0) is 4.79 Å². The summed E-state index contributed by atoms with van der Waals surface area (Å²) < 4.78 is 18.4. The molecule has 2 atom stereocenters.